The Morgan fingerprint density at radius 1 is 1.20 bits per heavy atom. The standard InChI is InChI=1S/C19H23N3O3/c1-3-22(4-2)16-11-10-15(17(23)12-16)13-20-21-19(25)18(24)14-8-6-5-7-9-14/h5-13,18,23-24H,3-4H2,1-2H3,(H,21,25)/b20-13+/t18-/m0/s1. The van der Waals surface area contributed by atoms with Gasteiger partial charge in [-0.05, 0) is 31.5 Å². The Morgan fingerprint density at radius 2 is 1.88 bits per heavy atom. The van der Waals surface area contributed by atoms with Crippen LogP contribution in [-0.2, 0) is 4.79 Å². The minimum absolute atomic E-state index is 0.0750. The van der Waals surface area contributed by atoms with E-state index in [1.165, 1.54) is 6.21 Å². The number of aromatic hydroxyl groups is 1. The number of hydrazone groups is 1. The number of hydrogen-bond acceptors (Lipinski definition) is 5. The fraction of sp³-hybridized carbons (Fsp3) is 0.263. The zero-order chi connectivity index (χ0) is 18.2. The first-order valence-electron chi connectivity index (χ1n) is 8.20. The van der Waals surface area contributed by atoms with Crippen LogP contribution in [0, 0.1) is 0 Å². The zero-order valence-corrected chi connectivity index (χ0v) is 14.4. The second-order valence-electron chi connectivity index (χ2n) is 5.46. The predicted octanol–water partition coefficient (Wildman–Crippen LogP) is 2.42. The van der Waals surface area contributed by atoms with Crippen LogP contribution in [0.25, 0.3) is 0 Å². The summed E-state index contributed by atoms with van der Waals surface area (Å²) in [6.07, 6.45) is 0.0498. The largest absolute Gasteiger partial charge is 0.507 e. The highest BCUT2D eigenvalue weighted by molar-refractivity contribution is 5.87. The van der Waals surface area contributed by atoms with Crippen molar-refractivity contribution in [2.24, 2.45) is 5.10 Å². The average molecular weight is 341 g/mol. The van der Waals surface area contributed by atoms with E-state index in [-0.39, 0.29) is 5.75 Å². The maximum Gasteiger partial charge on any atom is 0.273 e. The summed E-state index contributed by atoms with van der Waals surface area (Å²) >= 11 is 0. The zero-order valence-electron chi connectivity index (χ0n) is 14.4. The van der Waals surface area contributed by atoms with Gasteiger partial charge >= 0.3 is 0 Å². The number of phenolic OH excluding ortho intramolecular Hbond substituents is 1. The van der Waals surface area contributed by atoms with Gasteiger partial charge in [-0.2, -0.15) is 5.10 Å². The van der Waals surface area contributed by atoms with Gasteiger partial charge in [0.25, 0.3) is 5.91 Å². The molecule has 2 aromatic rings. The molecule has 0 heterocycles. The Labute approximate surface area is 147 Å². The molecule has 0 saturated heterocycles. The van der Waals surface area contributed by atoms with Gasteiger partial charge in [-0.25, -0.2) is 5.43 Å². The number of carbonyl (C=O) groups excluding carboxylic acids is 1. The first-order chi connectivity index (χ1) is 12.1. The summed E-state index contributed by atoms with van der Waals surface area (Å²) in [6, 6.07) is 13.9. The van der Waals surface area contributed by atoms with Crippen LogP contribution in [0.4, 0.5) is 5.69 Å². The third kappa shape index (κ3) is 4.81. The number of aliphatic hydroxyl groups is 1. The fourth-order valence-corrected chi connectivity index (χ4v) is 2.44. The van der Waals surface area contributed by atoms with E-state index in [1.807, 2.05) is 19.9 Å². The highest BCUT2D eigenvalue weighted by Gasteiger charge is 2.16. The molecule has 0 saturated carbocycles. The number of amides is 1. The highest BCUT2D eigenvalue weighted by atomic mass is 16.3. The summed E-state index contributed by atoms with van der Waals surface area (Å²) < 4.78 is 0. The molecule has 3 N–H and O–H groups in total. The van der Waals surface area contributed by atoms with Gasteiger partial charge in [0.05, 0.1) is 6.21 Å². The lowest BCUT2D eigenvalue weighted by molar-refractivity contribution is -0.129. The molecule has 0 unspecified atom stereocenters. The molecule has 1 amide bonds. The number of hydrogen-bond donors (Lipinski definition) is 3. The Kier molecular flexibility index (Phi) is 6.54. The summed E-state index contributed by atoms with van der Waals surface area (Å²) in [5.41, 5.74) is 4.16. The number of rotatable bonds is 7. The maximum atomic E-state index is 11.9. The molecular weight excluding hydrogens is 318 g/mol. The number of nitrogens with zero attached hydrogens (tertiary/aromatic N) is 2. The van der Waals surface area contributed by atoms with Crippen LogP contribution in [0.1, 0.15) is 31.1 Å². The van der Waals surface area contributed by atoms with Gasteiger partial charge < -0.3 is 15.1 Å². The van der Waals surface area contributed by atoms with Crippen LogP contribution >= 0.6 is 0 Å². The minimum atomic E-state index is -1.29. The topological polar surface area (TPSA) is 85.2 Å². The molecule has 0 spiro atoms. The Balaban J connectivity index is 2.01. The van der Waals surface area contributed by atoms with E-state index in [1.54, 1.807) is 42.5 Å². The number of nitrogens with one attached hydrogen (secondary N) is 1. The van der Waals surface area contributed by atoms with Crippen molar-refractivity contribution in [1.29, 1.82) is 0 Å². The molecular formula is C19H23N3O3. The molecule has 2 aromatic carbocycles. The molecule has 0 fully saturated rings. The van der Waals surface area contributed by atoms with Gasteiger partial charge in [-0.1, -0.05) is 30.3 Å². The van der Waals surface area contributed by atoms with Crippen molar-refractivity contribution in [2.45, 2.75) is 20.0 Å². The lowest BCUT2D eigenvalue weighted by Gasteiger charge is -2.21. The van der Waals surface area contributed by atoms with Gasteiger partial charge in [0.1, 0.15) is 5.75 Å². The summed E-state index contributed by atoms with van der Waals surface area (Å²) in [5.74, 6) is -0.562. The van der Waals surface area contributed by atoms with Crippen LogP contribution in [-0.4, -0.2) is 35.4 Å². The minimum Gasteiger partial charge on any atom is -0.507 e. The van der Waals surface area contributed by atoms with Crippen molar-refractivity contribution in [3.05, 3.63) is 59.7 Å². The molecule has 0 radical (unpaired) electrons. The summed E-state index contributed by atoms with van der Waals surface area (Å²) in [5, 5.41) is 23.9. The summed E-state index contributed by atoms with van der Waals surface area (Å²) in [7, 11) is 0. The molecule has 0 aliphatic rings. The Morgan fingerprint density at radius 3 is 2.48 bits per heavy atom. The predicted molar refractivity (Wildman–Crippen MR) is 98.8 cm³/mol. The molecule has 1 atom stereocenters. The molecule has 132 valence electrons. The van der Waals surface area contributed by atoms with Crippen molar-refractivity contribution in [3.8, 4) is 5.75 Å². The fourth-order valence-electron chi connectivity index (χ4n) is 2.44. The van der Waals surface area contributed by atoms with E-state index in [2.05, 4.69) is 15.4 Å². The molecule has 0 aliphatic heterocycles. The van der Waals surface area contributed by atoms with Crippen molar-refractivity contribution in [1.82, 2.24) is 5.43 Å². The Bertz CT molecular complexity index is 728. The number of phenols is 1. The molecule has 0 aliphatic carbocycles. The van der Waals surface area contributed by atoms with E-state index < -0.39 is 12.0 Å². The Hall–Kier alpha value is -2.86. The molecule has 0 bridgehead atoms. The molecule has 25 heavy (non-hydrogen) atoms. The van der Waals surface area contributed by atoms with Crippen molar-refractivity contribution >= 4 is 17.8 Å². The van der Waals surface area contributed by atoms with Gasteiger partial charge in [-0.3, -0.25) is 4.79 Å². The second-order valence-corrected chi connectivity index (χ2v) is 5.46. The number of benzene rings is 2. The second kappa shape index (κ2) is 8.84. The van der Waals surface area contributed by atoms with Crippen molar-refractivity contribution in [3.63, 3.8) is 0 Å². The first-order valence-corrected chi connectivity index (χ1v) is 8.20. The smallest absolute Gasteiger partial charge is 0.273 e. The number of anilines is 1. The monoisotopic (exact) mass is 341 g/mol. The quantitative estimate of drug-likeness (QED) is 0.533. The molecule has 6 nitrogen and oxygen atoms in total. The van der Waals surface area contributed by atoms with Gasteiger partial charge in [0.2, 0.25) is 0 Å². The lowest BCUT2D eigenvalue weighted by atomic mass is 10.1. The maximum absolute atomic E-state index is 11.9. The van der Waals surface area contributed by atoms with E-state index in [4.69, 9.17) is 0 Å². The van der Waals surface area contributed by atoms with Crippen LogP contribution < -0.4 is 10.3 Å². The van der Waals surface area contributed by atoms with E-state index in [0.29, 0.717) is 11.1 Å². The van der Waals surface area contributed by atoms with Gasteiger partial charge in [0.15, 0.2) is 6.10 Å². The van der Waals surface area contributed by atoms with Gasteiger partial charge in [0, 0.05) is 30.4 Å². The number of aliphatic hydroxyl groups excluding tert-OH is 1. The van der Waals surface area contributed by atoms with Gasteiger partial charge in [-0.15, -0.1) is 0 Å². The summed E-state index contributed by atoms with van der Waals surface area (Å²) in [4.78, 5) is 14.0. The average Bonchev–Trinajstić information content (AvgIpc) is 2.64. The molecule has 0 aromatic heterocycles. The highest BCUT2D eigenvalue weighted by Crippen LogP contribution is 2.23. The third-order valence-corrected chi connectivity index (χ3v) is 3.88. The normalized spacial score (nSPS) is 12.1. The van der Waals surface area contributed by atoms with Crippen LogP contribution in [0.15, 0.2) is 53.6 Å². The van der Waals surface area contributed by atoms with Crippen molar-refractivity contribution in [2.75, 3.05) is 18.0 Å². The van der Waals surface area contributed by atoms with E-state index >= 15 is 0 Å². The van der Waals surface area contributed by atoms with Crippen LogP contribution in [0.2, 0.25) is 0 Å². The van der Waals surface area contributed by atoms with Crippen molar-refractivity contribution < 1.29 is 15.0 Å². The summed E-state index contributed by atoms with van der Waals surface area (Å²) in [6.45, 7) is 5.78. The third-order valence-electron chi connectivity index (χ3n) is 3.88. The molecule has 2 rings (SSSR count). The van der Waals surface area contributed by atoms with E-state index in [0.717, 1.165) is 18.8 Å². The SMILES string of the molecule is CCN(CC)c1ccc(/C=N/NC(=O)[C@@H](O)c2ccccc2)c(O)c1. The molecule has 6 heteroatoms. The van der Waals surface area contributed by atoms with Crippen LogP contribution in [0.5, 0.6) is 5.75 Å². The number of carbonyl (C=O) groups is 1. The first kappa shape index (κ1) is 18.5. The van der Waals surface area contributed by atoms with Crippen LogP contribution in [0.3, 0.4) is 0 Å². The van der Waals surface area contributed by atoms with E-state index in [9.17, 15) is 15.0 Å². The lowest BCUT2D eigenvalue weighted by Crippen LogP contribution is -2.25.